The van der Waals surface area contributed by atoms with Crippen LogP contribution in [0.3, 0.4) is 0 Å². The zero-order valence-corrected chi connectivity index (χ0v) is 20.7. The molecular formula is C27H30ClN5O. The van der Waals surface area contributed by atoms with Gasteiger partial charge >= 0.3 is 6.03 Å². The third-order valence-corrected chi connectivity index (χ3v) is 7.11. The molecule has 0 radical (unpaired) electrons. The Labute approximate surface area is 206 Å². The summed E-state index contributed by atoms with van der Waals surface area (Å²) in [4.78, 5) is 24.2. The zero-order valence-electron chi connectivity index (χ0n) is 19.9. The van der Waals surface area contributed by atoms with E-state index in [0.717, 1.165) is 82.8 Å². The van der Waals surface area contributed by atoms with Crippen LogP contribution in [0.15, 0.2) is 48.5 Å². The second-order valence-corrected chi connectivity index (χ2v) is 9.62. The van der Waals surface area contributed by atoms with Gasteiger partial charge in [-0.15, -0.1) is 0 Å². The highest BCUT2D eigenvalue weighted by atomic mass is 35.5. The van der Waals surface area contributed by atoms with Gasteiger partial charge in [0.25, 0.3) is 0 Å². The Hall–Kier alpha value is -3.09. The van der Waals surface area contributed by atoms with E-state index < -0.39 is 0 Å². The fourth-order valence-electron chi connectivity index (χ4n) is 4.81. The Morgan fingerprint density at radius 1 is 0.941 bits per heavy atom. The van der Waals surface area contributed by atoms with E-state index in [0.29, 0.717) is 6.54 Å². The molecule has 0 atom stereocenters. The predicted octanol–water partition coefficient (Wildman–Crippen LogP) is 5.37. The van der Waals surface area contributed by atoms with Crippen LogP contribution in [0.2, 0.25) is 5.02 Å². The lowest BCUT2D eigenvalue weighted by Crippen LogP contribution is -2.44. The van der Waals surface area contributed by atoms with E-state index in [4.69, 9.17) is 11.6 Å². The van der Waals surface area contributed by atoms with Crippen LogP contribution in [0, 0.1) is 13.8 Å². The van der Waals surface area contributed by atoms with Gasteiger partial charge in [0, 0.05) is 55.4 Å². The Morgan fingerprint density at radius 2 is 1.68 bits per heavy atom. The van der Waals surface area contributed by atoms with Gasteiger partial charge in [0.05, 0.1) is 16.4 Å². The summed E-state index contributed by atoms with van der Waals surface area (Å²) in [5.41, 5.74) is 8.05. The van der Waals surface area contributed by atoms with E-state index in [1.54, 1.807) is 0 Å². The van der Waals surface area contributed by atoms with Gasteiger partial charge in [-0.3, -0.25) is 9.88 Å². The number of fused-ring (bicyclic) bond motifs is 1. The molecule has 1 saturated heterocycles. The van der Waals surface area contributed by atoms with Crippen molar-refractivity contribution in [3.05, 3.63) is 70.5 Å². The van der Waals surface area contributed by atoms with Crippen molar-refractivity contribution in [1.29, 1.82) is 0 Å². The predicted molar refractivity (Wildman–Crippen MR) is 140 cm³/mol. The van der Waals surface area contributed by atoms with Crippen LogP contribution in [-0.2, 0) is 6.42 Å². The van der Waals surface area contributed by atoms with Crippen LogP contribution in [0.4, 0.5) is 21.9 Å². The number of piperazine rings is 1. The molecule has 1 fully saturated rings. The van der Waals surface area contributed by atoms with Crippen molar-refractivity contribution in [2.45, 2.75) is 20.3 Å². The molecule has 0 aliphatic carbocycles. The number of hydrogen-bond donors (Lipinski definition) is 1. The normalized spacial score (nSPS) is 16.0. The van der Waals surface area contributed by atoms with Crippen molar-refractivity contribution in [1.82, 2.24) is 9.88 Å². The number of aromatic nitrogens is 1. The average Bonchev–Trinajstić information content (AvgIpc) is 3.23. The second-order valence-electron chi connectivity index (χ2n) is 9.22. The number of carbonyl (C=O) groups excluding carboxylic acids is 1. The molecule has 0 bridgehead atoms. The van der Waals surface area contributed by atoms with Gasteiger partial charge in [0.15, 0.2) is 0 Å². The number of urea groups is 1. The highest BCUT2D eigenvalue weighted by Crippen LogP contribution is 2.38. The van der Waals surface area contributed by atoms with Crippen LogP contribution in [-0.4, -0.2) is 55.7 Å². The highest BCUT2D eigenvalue weighted by molar-refractivity contribution is 6.33. The third-order valence-electron chi connectivity index (χ3n) is 6.80. The first-order chi connectivity index (χ1) is 16.4. The standard InChI is InChI=1S/C27H30ClN5O/c1-18-4-9-23(19(2)29-18)20-5-7-22(8-6-20)30-27(34)33-11-10-21-16-24(28)26(17-25(21)33)32-14-12-31(3)13-15-32/h4-9,16-17H,10-15H2,1-3H3,(H,30,34). The Kier molecular flexibility index (Phi) is 6.19. The number of nitrogens with zero attached hydrogens (tertiary/aromatic N) is 4. The van der Waals surface area contributed by atoms with Crippen LogP contribution >= 0.6 is 11.6 Å². The molecule has 7 heteroatoms. The number of likely N-dealkylation sites (N-methyl/N-ethyl adjacent to an activating group) is 1. The summed E-state index contributed by atoms with van der Waals surface area (Å²) in [6, 6.07) is 16.1. The molecule has 2 aliphatic heterocycles. The molecule has 3 heterocycles. The van der Waals surface area contributed by atoms with Crippen LogP contribution < -0.4 is 15.1 Å². The summed E-state index contributed by atoms with van der Waals surface area (Å²) in [5.74, 6) is 0. The topological polar surface area (TPSA) is 51.7 Å². The number of rotatable bonds is 3. The molecule has 0 spiro atoms. The van der Waals surface area contributed by atoms with Crippen molar-refractivity contribution < 1.29 is 4.79 Å². The molecular weight excluding hydrogens is 446 g/mol. The Balaban J connectivity index is 1.32. The van der Waals surface area contributed by atoms with E-state index in [1.807, 2.05) is 55.1 Å². The maximum Gasteiger partial charge on any atom is 0.326 e. The minimum atomic E-state index is -0.119. The molecule has 176 valence electrons. The number of halogens is 1. The maximum atomic E-state index is 13.2. The summed E-state index contributed by atoms with van der Waals surface area (Å²) in [6.07, 6.45) is 0.810. The molecule has 34 heavy (non-hydrogen) atoms. The summed E-state index contributed by atoms with van der Waals surface area (Å²) >= 11 is 6.64. The van der Waals surface area contributed by atoms with Crippen molar-refractivity contribution >= 4 is 34.7 Å². The van der Waals surface area contributed by atoms with E-state index in [-0.39, 0.29) is 6.03 Å². The summed E-state index contributed by atoms with van der Waals surface area (Å²) in [7, 11) is 2.14. The molecule has 2 aromatic carbocycles. The van der Waals surface area contributed by atoms with Crippen molar-refractivity contribution in [2.24, 2.45) is 0 Å². The van der Waals surface area contributed by atoms with Gasteiger partial charge in [-0.2, -0.15) is 0 Å². The lowest BCUT2D eigenvalue weighted by Gasteiger charge is -2.35. The molecule has 2 amide bonds. The average molecular weight is 476 g/mol. The largest absolute Gasteiger partial charge is 0.368 e. The van der Waals surface area contributed by atoms with Gasteiger partial charge in [-0.25, -0.2) is 4.79 Å². The van der Waals surface area contributed by atoms with Gasteiger partial charge in [0.1, 0.15) is 0 Å². The fraction of sp³-hybridized carbons (Fsp3) is 0.333. The SMILES string of the molecule is Cc1ccc(-c2ccc(NC(=O)N3CCc4cc(Cl)c(N5CCN(C)CC5)cc43)cc2)c(C)n1. The van der Waals surface area contributed by atoms with Gasteiger partial charge < -0.3 is 15.1 Å². The lowest BCUT2D eigenvalue weighted by atomic mass is 10.0. The quantitative estimate of drug-likeness (QED) is 0.553. The first-order valence-corrected chi connectivity index (χ1v) is 12.2. The number of aryl methyl sites for hydroxylation is 2. The van der Waals surface area contributed by atoms with E-state index in [9.17, 15) is 4.79 Å². The molecule has 3 aromatic rings. The number of pyridine rings is 1. The number of carbonyl (C=O) groups is 1. The maximum absolute atomic E-state index is 13.2. The van der Waals surface area contributed by atoms with Crippen LogP contribution in [0.5, 0.6) is 0 Å². The lowest BCUT2D eigenvalue weighted by molar-refractivity contribution is 0.257. The number of anilines is 3. The highest BCUT2D eigenvalue weighted by Gasteiger charge is 2.28. The number of amides is 2. The van der Waals surface area contributed by atoms with Crippen molar-refractivity contribution in [3.8, 4) is 11.1 Å². The number of nitrogens with one attached hydrogen (secondary N) is 1. The van der Waals surface area contributed by atoms with Crippen LogP contribution in [0.1, 0.15) is 17.0 Å². The zero-order chi connectivity index (χ0) is 23.8. The smallest absolute Gasteiger partial charge is 0.326 e. The van der Waals surface area contributed by atoms with Gasteiger partial charge in [-0.1, -0.05) is 29.8 Å². The summed E-state index contributed by atoms with van der Waals surface area (Å²) in [6.45, 7) is 8.54. The molecule has 2 aliphatic rings. The molecule has 1 aromatic heterocycles. The fourth-order valence-corrected chi connectivity index (χ4v) is 5.12. The number of benzene rings is 2. The van der Waals surface area contributed by atoms with Crippen molar-refractivity contribution in [2.75, 3.05) is 54.9 Å². The molecule has 6 nitrogen and oxygen atoms in total. The molecule has 1 N–H and O–H groups in total. The van der Waals surface area contributed by atoms with E-state index in [2.05, 4.69) is 39.3 Å². The minimum absolute atomic E-state index is 0.119. The van der Waals surface area contributed by atoms with Gasteiger partial charge in [-0.05, 0) is 68.8 Å². The van der Waals surface area contributed by atoms with Crippen LogP contribution in [0.25, 0.3) is 11.1 Å². The Bertz CT molecular complexity index is 1220. The van der Waals surface area contributed by atoms with Gasteiger partial charge in [0.2, 0.25) is 0 Å². The number of hydrogen-bond acceptors (Lipinski definition) is 4. The molecule has 0 unspecified atom stereocenters. The first-order valence-electron chi connectivity index (χ1n) is 11.8. The van der Waals surface area contributed by atoms with E-state index in [1.165, 1.54) is 0 Å². The molecule has 0 saturated carbocycles. The summed E-state index contributed by atoms with van der Waals surface area (Å²) < 4.78 is 0. The minimum Gasteiger partial charge on any atom is -0.368 e. The second kappa shape index (κ2) is 9.28. The third kappa shape index (κ3) is 4.48. The van der Waals surface area contributed by atoms with Crippen molar-refractivity contribution in [3.63, 3.8) is 0 Å². The monoisotopic (exact) mass is 475 g/mol. The van der Waals surface area contributed by atoms with E-state index >= 15 is 0 Å². The molecule has 5 rings (SSSR count). The Morgan fingerprint density at radius 3 is 2.38 bits per heavy atom. The first kappa shape index (κ1) is 22.7. The summed E-state index contributed by atoms with van der Waals surface area (Å²) in [5, 5.41) is 3.83.